The number of ether oxygens (including phenoxy) is 2. The second-order valence-corrected chi connectivity index (χ2v) is 8.41. The van der Waals surface area contributed by atoms with Crippen LogP contribution in [0, 0.1) is 5.92 Å². The highest BCUT2D eigenvalue weighted by Gasteiger charge is 2.30. The highest BCUT2D eigenvalue weighted by atomic mass is 16.5. The molecule has 3 aromatic heterocycles. The number of anilines is 1. The monoisotopic (exact) mass is 423 g/mol. The third-order valence-electron chi connectivity index (χ3n) is 4.90. The van der Waals surface area contributed by atoms with Gasteiger partial charge in [-0.25, -0.2) is 9.97 Å². The van der Waals surface area contributed by atoms with E-state index in [9.17, 15) is 4.79 Å². The molecule has 1 amide bonds. The zero-order valence-corrected chi connectivity index (χ0v) is 18.4. The van der Waals surface area contributed by atoms with Gasteiger partial charge in [0.25, 0.3) is 0 Å². The van der Waals surface area contributed by atoms with Gasteiger partial charge in [0.05, 0.1) is 18.8 Å². The van der Waals surface area contributed by atoms with Gasteiger partial charge in [-0.3, -0.25) is 4.79 Å². The first-order chi connectivity index (χ1) is 15.0. The summed E-state index contributed by atoms with van der Waals surface area (Å²) in [7, 11) is 7.60. The van der Waals surface area contributed by atoms with Crippen LogP contribution in [0.25, 0.3) is 22.2 Å². The maximum absolute atomic E-state index is 12.0. The molecule has 2 aliphatic rings. The largest absolute Gasteiger partial charge is 0.490 e. The normalized spacial score (nSPS) is 15.4. The summed E-state index contributed by atoms with van der Waals surface area (Å²) in [5, 5.41) is 3.80. The number of aromatic amines is 1. The number of nitrogens with one attached hydrogen (secondary N) is 2. The molecule has 31 heavy (non-hydrogen) atoms. The number of carbonyl (C=O) groups excluding carboxylic acids is 1. The molecule has 2 saturated carbocycles. The number of H-pyrrole nitrogens is 1. The molecule has 164 valence electrons. The molecule has 0 radical (unpaired) electrons. The van der Waals surface area contributed by atoms with Crippen molar-refractivity contribution in [2.45, 2.75) is 31.8 Å². The summed E-state index contributed by atoms with van der Waals surface area (Å²) in [4.78, 5) is 26.0. The van der Waals surface area contributed by atoms with Crippen molar-refractivity contribution in [3.63, 3.8) is 0 Å². The van der Waals surface area contributed by atoms with E-state index in [0.29, 0.717) is 17.3 Å². The topological polar surface area (TPSA) is 92.4 Å². The Morgan fingerprint density at radius 3 is 2.55 bits per heavy atom. The summed E-state index contributed by atoms with van der Waals surface area (Å²) in [6.07, 6.45) is 7.91. The molecule has 2 fully saturated rings. The van der Waals surface area contributed by atoms with Crippen molar-refractivity contribution in [3.8, 4) is 22.8 Å². The number of nitrogens with zero attached hydrogens (tertiary/aromatic N) is 3. The van der Waals surface area contributed by atoms with Crippen LogP contribution in [0.3, 0.4) is 0 Å². The number of amides is 1. The first kappa shape index (κ1) is 21.1. The van der Waals surface area contributed by atoms with Crippen LogP contribution >= 0.6 is 0 Å². The van der Waals surface area contributed by atoms with Crippen molar-refractivity contribution in [1.29, 1.82) is 0 Å². The molecule has 0 aromatic carbocycles. The Labute approximate surface area is 182 Å². The maximum atomic E-state index is 12.0. The molecule has 0 spiro atoms. The van der Waals surface area contributed by atoms with Gasteiger partial charge in [-0.15, -0.1) is 0 Å². The molecule has 0 atom stereocenters. The van der Waals surface area contributed by atoms with Crippen molar-refractivity contribution >= 4 is 22.8 Å². The number of fused-ring (bicyclic) bond motifs is 1. The number of carbonyl (C=O) groups is 1. The summed E-state index contributed by atoms with van der Waals surface area (Å²) >= 11 is 0. The van der Waals surface area contributed by atoms with Crippen molar-refractivity contribution in [3.05, 3.63) is 30.6 Å². The summed E-state index contributed by atoms with van der Waals surface area (Å²) in [5.41, 5.74) is 2.43. The molecule has 0 bridgehead atoms. The fraction of sp³-hybridized carbons (Fsp3) is 0.435. The highest BCUT2D eigenvalue weighted by molar-refractivity contribution is 5.99. The molecular formula is C23H29N5O3. The Kier molecular flexibility index (Phi) is 6.08. The van der Waals surface area contributed by atoms with Crippen LogP contribution in [-0.4, -0.2) is 60.1 Å². The predicted molar refractivity (Wildman–Crippen MR) is 120 cm³/mol. The maximum Gasteiger partial charge on any atom is 0.228 e. The van der Waals surface area contributed by atoms with Crippen LogP contribution < -0.4 is 14.8 Å². The number of pyridine rings is 2. The molecule has 0 unspecified atom stereocenters. The molecule has 5 rings (SSSR count). The third-order valence-corrected chi connectivity index (χ3v) is 4.90. The van der Waals surface area contributed by atoms with Gasteiger partial charge in [0.2, 0.25) is 11.8 Å². The minimum Gasteiger partial charge on any atom is -0.490 e. The van der Waals surface area contributed by atoms with Gasteiger partial charge in [-0.1, -0.05) is 0 Å². The lowest BCUT2D eigenvalue weighted by molar-refractivity contribution is -0.117. The van der Waals surface area contributed by atoms with Crippen LogP contribution in [0.2, 0.25) is 0 Å². The first-order valence-electron chi connectivity index (χ1n) is 10.6. The highest BCUT2D eigenvalue weighted by Crippen LogP contribution is 2.42. The number of rotatable bonds is 6. The van der Waals surface area contributed by atoms with Crippen LogP contribution in [0.4, 0.5) is 5.82 Å². The second-order valence-electron chi connectivity index (χ2n) is 8.41. The molecule has 8 heteroatoms. The van der Waals surface area contributed by atoms with E-state index < -0.39 is 0 Å². The fourth-order valence-corrected chi connectivity index (χ4v) is 3.15. The Hall–Kier alpha value is -3.13. The van der Waals surface area contributed by atoms with E-state index in [1.807, 2.05) is 50.4 Å². The summed E-state index contributed by atoms with van der Waals surface area (Å²) in [6, 6.07) is 5.64. The van der Waals surface area contributed by atoms with E-state index in [4.69, 9.17) is 9.47 Å². The average molecular weight is 424 g/mol. The zero-order chi connectivity index (χ0) is 22.0. The van der Waals surface area contributed by atoms with Crippen molar-refractivity contribution in [2.75, 3.05) is 33.6 Å². The first-order valence-corrected chi connectivity index (χ1v) is 10.6. The van der Waals surface area contributed by atoms with Gasteiger partial charge >= 0.3 is 0 Å². The summed E-state index contributed by atoms with van der Waals surface area (Å²) in [5.74, 6) is 2.02. The Morgan fingerprint density at radius 2 is 1.90 bits per heavy atom. The van der Waals surface area contributed by atoms with Crippen LogP contribution in [0.5, 0.6) is 11.6 Å². The van der Waals surface area contributed by atoms with Crippen LogP contribution in [0.15, 0.2) is 30.6 Å². The fourth-order valence-electron chi connectivity index (χ4n) is 3.15. The van der Waals surface area contributed by atoms with E-state index in [-0.39, 0.29) is 17.9 Å². The van der Waals surface area contributed by atoms with E-state index in [1.165, 1.54) is 0 Å². The van der Waals surface area contributed by atoms with E-state index in [1.54, 1.807) is 13.3 Å². The molecule has 0 aliphatic heterocycles. The predicted octanol–water partition coefficient (Wildman–Crippen LogP) is 3.70. The standard InChI is InChI=1S/C20H20N4O3.C3H9N/c1-26-20-17(15(8-9-21-20)27-12-4-5-12)14-10-22-18-13(14)6-7-16(23-18)24-19(25)11-2-3-11;1-4(2)3/h6-12H,2-5H2,1H3,(H2,22,23,24,25);1-3H3. The molecule has 8 nitrogen and oxygen atoms in total. The average Bonchev–Trinajstić information content (AvgIpc) is 3.65. The summed E-state index contributed by atoms with van der Waals surface area (Å²) in [6.45, 7) is 0. The van der Waals surface area contributed by atoms with Crippen molar-refractivity contribution < 1.29 is 14.3 Å². The molecule has 2 N–H and O–H groups in total. The van der Waals surface area contributed by atoms with Crippen LogP contribution in [-0.2, 0) is 4.79 Å². The number of aromatic nitrogens is 3. The lowest BCUT2D eigenvalue weighted by Gasteiger charge is -2.13. The van der Waals surface area contributed by atoms with Gasteiger partial charge in [-0.05, 0) is 65.0 Å². The molecular weight excluding hydrogens is 394 g/mol. The van der Waals surface area contributed by atoms with Gasteiger partial charge in [0.15, 0.2) is 0 Å². The van der Waals surface area contributed by atoms with E-state index in [0.717, 1.165) is 47.9 Å². The molecule has 2 aliphatic carbocycles. The number of methoxy groups -OCH3 is 1. The summed E-state index contributed by atoms with van der Waals surface area (Å²) < 4.78 is 11.6. The lowest BCUT2D eigenvalue weighted by atomic mass is 10.1. The molecule has 3 aromatic rings. The lowest BCUT2D eigenvalue weighted by Crippen LogP contribution is -2.14. The van der Waals surface area contributed by atoms with Gasteiger partial charge in [0.1, 0.15) is 17.2 Å². The Morgan fingerprint density at radius 1 is 1.16 bits per heavy atom. The smallest absolute Gasteiger partial charge is 0.228 e. The molecule has 0 saturated heterocycles. The van der Waals surface area contributed by atoms with Gasteiger partial charge in [-0.2, -0.15) is 0 Å². The van der Waals surface area contributed by atoms with Gasteiger partial charge < -0.3 is 24.7 Å². The van der Waals surface area contributed by atoms with Crippen LogP contribution in [0.1, 0.15) is 25.7 Å². The Balaban J connectivity index is 0.000000535. The quantitative estimate of drug-likeness (QED) is 0.628. The molecule has 3 heterocycles. The van der Waals surface area contributed by atoms with E-state index in [2.05, 4.69) is 20.3 Å². The van der Waals surface area contributed by atoms with Gasteiger partial charge in [0, 0.05) is 29.3 Å². The minimum atomic E-state index is 0.0441. The third kappa shape index (κ3) is 5.14. The SMILES string of the molecule is CN(C)C.COc1nccc(OC2CC2)c1-c1c[nH]c2nc(NC(=O)C3CC3)ccc12. The van der Waals surface area contributed by atoms with Crippen molar-refractivity contribution in [1.82, 2.24) is 19.9 Å². The number of hydrogen-bond donors (Lipinski definition) is 2. The minimum absolute atomic E-state index is 0.0441. The van der Waals surface area contributed by atoms with Crippen molar-refractivity contribution in [2.24, 2.45) is 5.92 Å². The zero-order valence-electron chi connectivity index (χ0n) is 18.4. The van der Waals surface area contributed by atoms with E-state index >= 15 is 0 Å². The second kappa shape index (κ2) is 8.93. The number of hydrogen-bond acceptors (Lipinski definition) is 6. The Bertz CT molecular complexity index is 1070.